The van der Waals surface area contributed by atoms with Crippen molar-refractivity contribution in [2.45, 2.75) is 19.1 Å². The molecule has 0 aromatic carbocycles. The molecule has 0 aliphatic carbocycles. The zero-order chi connectivity index (χ0) is 10.4. The molecule has 5 nitrogen and oxygen atoms in total. The van der Waals surface area contributed by atoms with Gasteiger partial charge in [0.05, 0.1) is 12.4 Å². The molecule has 0 saturated carbocycles. The number of hydrogen-bond donors (Lipinski definition) is 1. The third kappa shape index (κ3) is 3.37. The first-order chi connectivity index (χ1) is 6.76. The first-order valence-corrected chi connectivity index (χ1v) is 5.70. The highest BCUT2D eigenvalue weighted by molar-refractivity contribution is 7.97. The van der Waals surface area contributed by atoms with Crippen molar-refractivity contribution in [1.82, 2.24) is 15.2 Å². The summed E-state index contributed by atoms with van der Waals surface area (Å²) in [6.45, 7) is 2.17. The van der Waals surface area contributed by atoms with Crippen molar-refractivity contribution < 1.29 is 9.53 Å². The van der Waals surface area contributed by atoms with Gasteiger partial charge in [0.1, 0.15) is 12.2 Å². The van der Waals surface area contributed by atoms with Crippen LogP contribution < -0.4 is 0 Å². The Labute approximate surface area is 86.6 Å². The van der Waals surface area contributed by atoms with Crippen molar-refractivity contribution in [2.75, 3.05) is 12.9 Å². The van der Waals surface area contributed by atoms with Gasteiger partial charge < -0.3 is 4.74 Å². The first-order valence-electron chi connectivity index (χ1n) is 4.31. The van der Waals surface area contributed by atoms with Gasteiger partial charge in [-0.1, -0.05) is 0 Å². The van der Waals surface area contributed by atoms with Crippen LogP contribution in [0.1, 0.15) is 18.6 Å². The zero-order valence-corrected chi connectivity index (χ0v) is 9.06. The zero-order valence-electron chi connectivity index (χ0n) is 8.24. The van der Waals surface area contributed by atoms with Crippen LogP contribution in [-0.2, 0) is 21.7 Å². The van der Waals surface area contributed by atoms with Crippen molar-refractivity contribution in [1.29, 1.82) is 0 Å². The smallest absolute Gasteiger partial charge is 0.313 e. The van der Waals surface area contributed by atoms with E-state index in [1.807, 2.05) is 6.26 Å². The summed E-state index contributed by atoms with van der Waals surface area (Å²) in [4.78, 5) is 15.2. The van der Waals surface area contributed by atoms with Crippen LogP contribution in [-0.4, -0.2) is 34.0 Å². The lowest BCUT2D eigenvalue weighted by Gasteiger charge is -1.97. The van der Waals surface area contributed by atoms with Crippen LogP contribution in [0, 0.1) is 0 Å². The SMILES string of the molecule is CCOC(=O)Cc1nc(CSC)n[nH]1. The summed E-state index contributed by atoms with van der Waals surface area (Å²) in [6.07, 6.45) is 2.14. The molecule has 78 valence electrons. The minimum Gasteiger partial charge on any atom is -0.466 e. The number of thioether (sulfide) groups is 1. The summed E-state index contributed by atoms with van der Waals surface area (Å²) in [7, 11) is 0. The minimum atomic E-state index is -0.278. The highest BCUT2D eigenvalue weighted by Gasteiger charge is 2.08. The molecule has 0 radical (unpaired) electrons. The molecule has 1 heterocycles. The van der Waals surface area contributed by atoms with E-state index in [1.54, 1.807) is 18.7 Å². The normalized spacial score (nSPS) is 10.1. The van der Waals surface area contributed by atoms with E-state index in [0.717, 1.165) is 11.6 Å². The molecule has 0 unspecified atom stereocenters. The number of esters is 1. The largest absolute Gasteiger partial charge is 0.466 e. The summed E-state index contributed by atoms with van der Waals surface area (Å²) < 4.78 is 4.78. The van der Waals surface area contributed by atoms with E-state index in [9.17, 15) is 4.79 Å². The van der Waals surface area contributed by atoms with Gasteiger partial charge in [-0.05, 0) is 13.2 Å². The summed E-state index contributed by atoms with van der Waals surface area (Å²) in [6, 6.07) is 0. The minimum absolute atomic E-state index is 0.162. The Bertz CT molecular complexity index is 301. The van der Waals surface area contributed by atoms with Gasteiger partial charge >= 0.3 is 5.97 Å². The molecule has 1 rings (SSSR count). The van der Waals surface area contributed by atoms with E-state index in [0.29, 0.717) is 12.4 Å². The highest BCUT2D eigenvalue weighted by Crippen LogP contribution is 2.03. The molecular weight excluding hydrogens is 202 g/mol. The van der Waals surface area contributed by atoms with Gasteiger partial charge in [-0.15, -0.1) is 0 Å². The number of nitrogens with zero attached hydrogens (tertiary/aromatic N) is 2. The second-order valence-electron chi connectivity index (χ2n) is 2.61. The predicted octanol–water partition coefficient (Wildman–Crippen LogP) is 0.773. The maximum absolute atomic E-state index is 11.1. The maximum Gasteiger partial charge on any atom is 0.313 e. The molecule has 1 N–H and O–H groups in total. The number of aromatic amines is 1. The van der Waals surface area contributed by atoms with E-state index in [2.05, 4.69) is 15.2 Å². The number of aromatic nitrogens is 3. The Morgan fingerprint density at radius 1 is 1.64 bits per heavy atom. The van der Waals surface area contributed by atoms with Crippen LogP contribution in [0.4, 0.5) is 0 Å². The fraction of sp³-hybridized carbons (Fsp3) is 0.625. The molecule has 0 amide bonds. The molecule has 14 heavy (non-hydrogen) atoms. The molecule has 0 aliphatic heterocycles. The molecule has 0 spiro atoms. The third-order valence-electron chi connectivity index (χ3n) is 1.47. The van der Waals surface area contributed by atoms with E-state index in [-0.39, 0.29) is 12.4 Å². The number of nitrogens with one attached hydrogen (secondary N) is 1. The third-order valence-corrected chi connectivity index (χ3v) is 2.02. The predicted molar refractivity (Wildman–Crippen MR) is 53.9 cm³/mol. The molecule has 0 saturated heterocycles. The average Bonchev–Trinajstić information content (AvgIpc) is 2.53. The van der Waals surface area contributed by atoms with Gasteiger partial charge in [-0.2, -0.15) is 16.9 Å². The monoisotopic (exact) mass is 215 g/mol. The first kappa shape index (κ1) is 11.0. The van der Waals surface area contributed by atoms with Crippen LogP contribution in [0.25, 0.3) is 0 Å². The number of ether oxygens (including phenoxy) is 1. The maximum atomic E-state index is 11.1. The Morgan fingerprint density at radius 2 is 2.43 bits per heavy atom. The molecule has 0 bridgehead atoms. The Hall–Kier alpha value is -1.04. The fourth-order valence-electron chi connectivity index (χ4n) is 0.956. The lowest BCUT2D eigenvalue weighted by Crippen LogP contribution is -2.08. The summed E-state index contributed by atoms with van der Waals surface area (Å²) in [5, 5.41) is 6.66. The summed E-state index contributed by atoms with van der Waals surface area (Å²) >= 11 is 1.64. The van der Waals surface area contributed by atoms with Gasteiger partial charge in [0.15, 0.2) is 5.82 Å². The van der Waals surface area contributed by atoms with E-state index in [4.69, 9.17) is 4.74 Å². The van der Waals surface area contributed by atoms with Gasteiger partial charge in [0, 0.05) is 0 Å². The number of rotatable bonds is 5. The van der Waals surface area contributed by atoms with Crippen LogP contribution in [0.5, 0.6) is 0 Å². The Morgan fingerprint density at radius 3 is 3.07 bits per heavy atom. The number of carbonyl (C=O) groups is 1. The molecule has 1 aromatic rings. The van der Waals surface area contributed by atoms with Crippen molar-refractivity contribution in [3.63, 3.8) is 0 Å². The van der Waals surface area contributed by atoms with Crippen LogP contribution in [0.15, 0.2) is 0 Å². The van der Waals surface area contributed by atoms with Crippen LogP contribution in [0.2, 0.25) is 0 Å². The number of hydrogen-bond acceptors (Lipinski definition) is 5. The summed E-state index contributed by atoms with van der Waals surface area (Å²) in [5.74, 6) is 1.75. The van der Waals surface area contributed by atoms with E-state index >= 15 is 0 Å². The molecule has 6 heteroatoms. The van der Waals surface area contributed by atoms with E-state index < -0.39 is 0 Å². The lowest BCUT2D eigenvalue weighted by molar-refractivity contribution is -0.142. The average molecular weight is 215 g/mol. The highest BCUT2D eigenvalue weighted by atomic mass is 32.2. The van der Waals surface area contributed by atoms with Gasteiger partial charge in [0.25, 0.3) is 0 Å². The molecule has 0 aliphatic rings. The Kier molecular flexibility index (Phi) is 4.45. The van der Waals surface area contributed by atoms with Crippen molar-refractivity contribution in [2.24, 2.45) is 0 Å². The van der Waals surface area contributed by atoms with Gasteiger partial charge in [-0.3, -0.25) is 9.89 Å². The molecular formula is C8H13N3O2S. The number of H-pyrrole nitrogens is 1. The van der Waals surface area contributed by atoms with Crippen LogP contribution in [0.3, 0.4) is 0 Å². The second-order valence-corrected chi connectivity index (χ2v) is 3.48. The lowest BCUT2D eigenvalue weighted by atomic mass is 10.4. The second kappa shape index (κ2) is 5.64. The molecule has 1 aromatic heterocycles. The Balaban J connectivity index is 2.46. The van der Waals surface area contributed by atoms with E-state index in [1.165, 1.54) is 0 Å². The van der Waals surface area contributed by atoms with Crippen molar-refractivity contribution in [3.8, 4) is 0 Å². The number of carbonyl (C=O) groups excluding carboxylic acids is 1. The quantitative estimate of drug-likeness (QED) is 0.735. The van der Waals surface area contributed by atoms with Gasteiger partial charge in [0.2, 0.25) is 0 Å². The van der Waals surface area contributed by atoms with Crippen LogP contribution >= 0.6 is 11.8 Å². The van der Waals surface area contributed by atoms with Crippen molar-refractivity contribution >= 4 is 17.7 Å². The molecule has 0 atom stereocenters. The fourth-order valence-corrected chi connectivity index (χ4v) is 1.34. The standard InChI is InChI=1S/C8H13N3O2S/c1-3-13-8(12)4-6-9-7(5-14-2)11-10-6/h3-5H2,1-2H3,(H,9,10,11). The topological polar surface area (TPSA) is 67.9 Å². The summed E-state index contributed by atoms with van der Waals surface area (Å²) in [5.41, 5.74) is 0. The van der Waals surface area contributed by atoms with Gasteiger partial charge in [-0.25, -0.2) is 4.98 Å². The van der Waals surface area contributed by atoms with Crippen molar-refractivity contribution in [3.05, 3.63) is 11.6 Å². The molecule has 0 fully saturated rings.